The van der Waals surface area contributed by atoms with E-state index in [0.717, 1.165) is 16.6 Å². The van der Waals surface area contributed by atoms with E-state index in [1.165, 1.54) is 7.05 Å². The molecule has 8 heteroatoms. The Balaban J connectivity index is 2.99. The molecule has 98 valence electrons. The Bertz CT molecular complexity index is 585. The molecule has 1 heterocycles. The van der Waals surface area contributed by atoms with Gasteiger partial charge in [-0.25, -0.2) is 13.2 Å². The predicted octanol–water partition coefficient (Wildman–Crippen LogP) is 0.493. The fourth-order valence-corrected chi connectivity index (χ4v) is 2.61. The van der Waals surface area contributed by atoms with Gasteiger partial charge in [0.05, 0.1) is 12.0 Å². The van der Waals surface area contributed by atoms with E-state index in [1.54, 1.807) is 6.92 Å². The summed E-state index contributed by atoms with van der Waals surface area (Å²) in [7, 11) is -2.43. The average Bonchev–Trinajstić information content (AvgIpc) is 2.78. The molecule has 0 fully saturated rings. The van der Waals surface area contributed by atoms with Crippen LogP contribution >= 0.6 is 0 Å². The summed E-state index contributed by atoms with van der Waals surface area (Å²) in [6.45, 7) is 1.65. The van der Waals surface area contributed by atoms with Gasteiger partial charge in [-0.2, -0.15) is 9.57 Å². The van der Waals surface area contributed by atoms with Gasteiger partial charge in [0, 0.05) is 19.8 Å². The fourth-order valence-electron chi connectivity index (χ4n) is 1.35. The normalized spacial score (nSPS) is 13.2. The van der Waals surface area contributed by atoms with Gasteiger partial charge in [-0.3, -0.25) is 0 Å². The number of nitrogens with zero attached hydrogens (tertiary/aromatic N) is 2. The van der Waals surface area contributed by atoms with E-state index < -0.39 is 21.9 Å². The second-order valence-electron chi connectivity index (χ2n) is 3.87. The van der Waals surface area contributed by atoms with E-state index in [-0.39, 0.29) is 17.1 Å². The lowest BCUT2D eigenvalue weighted by Crippen LogP contribution is -2.30. The number of carboxylic acids is 1. The van der Waals surface area contributed by atoms with E-state index in [2.05, 4.69) is 4.98 Å². The summed E-state index contributed by atoms with van der Waals surface area (Å²) in [5.74, 6) is -1.67. The molecule has 0 amide bonds. The molecule has 1 aromatic rings. The molecule has 0 saturated heterocycles. The number of aromatic carboxylic acids is 1. The monoisotopic (exact) mass is 271 g/mol. The summed E-state index contributed by atoms with van der Waals surface area (Å²) in [6.07, 6.45) is 1.12. The molecule has 0 aromatic carbocycles. The molecule has 1 rings (SSSR count). The number of aromatic amines is 1. The molecule has 0 saturated carbocycles. The lowest BCUT2D eigenvalue weighted by molar-refractivity contribution is 0.0691. The maximum Gasteiger partial charge on any atom is 0.352 e. The van der Waals surface area contributed by atoms with Crippen molar-refractivity contribution in [1.82, 2.24) is 9.29 Å². The summed E-state index contributed by atoms with van der Waals surface area (Å²) < 4.78 is 25.1. The van der Waals surface area contributed by atoms with E-state index in [4.69, 9.17) is 10.4 Å². The van der Waals surface area contributed by atoms with Gasteiger partial charge in [-0.05, 0) is 13.0 Å². The van der Waals surface area contributed by atoms with Gasteiger partial charge in [0.2, 0.25) is 10.0 Å². The number of carbonyl (C=O) groups is 1. The number of nitriles is 1. The molecular weight excluding hydrogens is 258 g/mol. The van der Waals surface area contributed by atoms with Crippen molar-refractivity contribution < 1.29 is 18.3 Å². The molecule has 1 atom stereocenters. The molecule has 1 aromatic heterocycles. The fraction of sp³-hybridized carbons (Fsp3) is 0.400. The molecule has 7 nitrogen and oxygen atoms in total. The number of H-pyrrole nitrogens is 1. The second-order valence-corrected chi connectivity index (χ2v) is 5.91. The first-order valence-corrected chi connectivity index (χ1v) is 6.50. The zero-order chi connectivity index (χ0) is 13.9. The molecule has 0 aliphatic rings. The first-order chi connectivity index (χ1) is 8.28. The topological polar surface area (TPSA) is 114 Å². The Hall–Kier alpha value is -1.85. The largest absolute Gasteiger partial charge is 0.477 e. The number of hydrogen-bond acceptors (Lipinski definition) is 4. The lowest BCUT2D eigenvalue weighted by Gasteiger charge is -2.16. The Morgan fingerprint density at radius 2 is 2.28 bits per heavy atom. The third-order valence-electron chi connectivity index (χ3n) is 2.35. The van der Waals surface area contributed by atoms with Crippen molar-refractivity contribution in [3.05, 3.63) is 18.0 Å². The van der Waals surface area contributed by atoms with Crippen LogP contribution in [0.15, 0.2) is 17.2 Å². The average molecular weight is 271 g/mol. The summed E-state index contributed by atoms with van der Waals surface area (Å²) in [5.41, 5.74) is -0.199. The van der Waals surface area contributed by atoms with Crippen molar-refractivity contribution in [3.8, 4) is 6.07 Å². The number of carboxylic acid groups (broad SMARTS) is 1. The number of aromatic nitrogens is 1. The van der Waals surface area contributed by atoms with Gasteiger partial charge in [-0.15, -0.1) is 0 Å². The van der Waals surface area contributed by atoms with Crippen molar-refractivity contribution in [1.29, 1.82) is 5.26 Å². The van der Waals surface area contributed by atoms with Crippen molar-refractivity contribution in [3.63, 3.8) is 0 Å². The van der Waals surface area contributed by atoms with Crippen molar-refractivity contribution >= 4 is 16.0 Å². The standard InChI is InChI=1S/C10H13N3O4S/c1-7(4-11)6-13(2)18(16,17)8-3-9(10(14)15)12-5-8/h3,5,7,12H,6H2,1-2H3,(H,14,15). The zero-order valence-corrected chi connectivity index (χ0v) is 10.7. The van der Waals surface area contributed by atoms with Crippen LogP contribution in [0.2, 0.25) is 0 Å². The smallest absolute Gasteiger partial charge is 0.352 e. The molecule has 0 radical (unpaired) electrons. The molecule has 0 aliphatic carbocycles. The zero-order valence-electron chi connectivity index (χ0n) is 9.91. The maximum absolute atomic E-state index is 12.0. The van der Waals surface area contributed by atoms with Gasteiger partial charge in [0.1, 0.15) is 10.6 Å². The summed E-state index contributed by atoms with van der Waals surface area (Å²) in [5, 5.41) is 17.3. The van der Waals surface area contributed by atoms with Gasteiger partial charge in [-0.1, -0.05) is 0 Å². The van der Waals surface area contributed by atoms with Crippen LogP contribution in [-0.2, 0) is 10.0 Å². The van der Waals surface area contributed by atoms with Gasteiger partial charge < -0.3 is 10.1 Å². The van der Waals surface area contributed by atoms with Crippen LogP contribution < -0.4 is 0 Å². The van der Waals surface area contributed by atoms with Crippen molar-refractivity contribution in [2.24, 2.45) is 5.92 Å². The highest BCUT2D eigenvalue weighted by Gasteiger charge is 2.24. The molecule has 1 unspecified atom stereocenters. The van der Waals surface area contributed by atoms with E-state index in [9.17, 15) is 13.2 Å². The van der Waals surface area contributed by atoms with Gasteiger partial charge >= 0.3 is 5.97 Å². The van der Waals surface area contributed by atoms with Crippen LogP contribution in [0.5, 0.6) is 0 Å². The number of hydrogen-bond donors (Lipinski definition) is 2. The van der Waals surface area contributed by atoms with Crippen LogP contribution in [0, 0.1) is 17.2 Å². The van der Waals surface area contributed by atoms with Crippen LogP contribution in [0.3, 0.4) is 0 Å². The SMILES string of the molecule is CC(C#N)CN(C)S(=O)(=O)c1c[nH]c(C(=O)O)c1. The van der Waals surface area contributed by atoms with E-state index in [1.807, 2.05) is 6.07 Å². The molecule has 0 aliphatic heterocycles. The first-order valence-electron chi connectivity index (χ1n) is 5.06. The summed E-state index contributed by atoms with van der Waals surface area (Å²) in [6, 6.07) is 2.98. The van der Waals surface area contributed by atoms with Crippen LogP contribution in [0.1, 0.15) is 17.4 Å². The molecule has 0 spiro atoms. The highest BCUT2D eigenvalue weighted by molar-refractivity contribution is 7.89. The van der Waals surface area contributed by atoms with Gasteiger partial charge in [0.15, 0.2) is 0 Å². The van der Waals surface area contributed by atoms with E-state index in [0.29, 0.717) is 0 Å². The summed E-state index contributed by atoms with van der Waals surface area (Å²) in [4.78, 5) is 12.9. The van der Waals surface area contributed by atoms with Crippen molar-refractivity contribution in [2.45, 2.75) is 11.8 Å². The minimum Gasteiger partial charge on any atom is -0.477 e. The third kappa shape index (κ3) is 2.88. The predicted molar refractivity (Wildman–Crippen MR) is 62.3 cm³/mol. The minimum absolute atomic E-state index is 0.0480. The van der Waals surface area contributed by atoms with Crippen molar-refractivity contribution in [2.75, 3.05) is 13.6 Å². The molecule has 2 N–H and O–H groups in total. The van der Waals surface area contributed by atoms with Crippen LogP contribution in [0.25, 0.3) is 0 Å². The second kappa shape index (κ2) is 5.20. The highest BCUT2D eigenvalue weighted by Crippen LogP contribution is 2.16. The summed E-state index contributed by atoms with van der Waals surface area (Å²) >= 11 is 0. The molecule has 0 bridgehead atoms. The Morgan fingerprint density at radius 1 is 1.67 bits per heavy atom. The molecule has 18 heavy (non-hydrogen) atoms. The highest BCUT2D eigenvalue weighted by atomic mass is 32.2. The van der Waals surface area contributed by atoms with Gasteiger partial charge in [0.25, 0.3) is 0 Å². The Morgan fingerprint density at radius 3 is 2.72 bits per heavy atom. The third-order valence-corrected chi connectivity index (χ3v) is 4.15. The molecular formula is C10H13N3O4S. The Kier molecular flexibility index (Phi) is 4.11. The lowest BCUT2D eigenvalue weighted by atomic mass is 10.2. The van der Waals surface area contributed by atoms with Crippen LogP contribution in [0.4, 0.5) is 0 Å². The first kappa shape index (κ1) is 14.2. The quantitative estimate of drug-likeness (QED) is 0.809. The Labute approximate surface area is 105 Å². The van der Waals surface area contributed by atoms with E-state index >= 15 is 0 Å². The maximum atomic E-state index is 12.0. The number of sulfonamides is 1. The van der Waals surface area contributed by atoms with Crippen LogP contribution in [-0.4, -0.2) is 42.4 Å². The minimum atomic E-state index is -3.77. The number of nitrogens with one attached hydrogen (secondary N) is 1. The number of rotatable bonds is 5.